The second-order valence-electron chi connectivity index (χ2n) is 18.0. The van der Waals surface area contributed by atoms with Crippen molar-refractivity contribution in [3.05, 3.63) is 194 Å². The van der Waals surface area contributed by atoms with Crippen LogP contribution in [-0.2, 0) is 0 Å². The van der Waals surface area contributed by atoms with Crippen molar-refractivity contribution >= 4 is 159 Å². The highest BCUT2D eigenvalue weighted by Gasteiger charge is 2.26. The third-order valence-corrected chi connectivity index (χ3v) is 14.2. The van der Waals surface area contributed by atoms with Crippen molar-refractivity contribution in [1.29, 1.82) is 0 Å². The summed E-state index contributed by atoms with van der Waals surface area (Å²) >= 11 is 0. The minimum absolute atomic E-state index is 0.169. The molecule has 0 N–H and O–H groups in total. The fraction of sp³-hybridized carbons (Fsp3) is 0. The molecule has 0 aliphatic rings. The van der Waals surface area contributed by atoms with Crippen LogP contribution in [0, 0.1) is 0 Å². The van der Waals surface area contributed by atoms with E-state index in [9.17, 15) is 0 Å². The molecule has 0 bridgehead atoms. The van der Waals surface area contributed by atoms with Crippen LogP contribution in [0.2, 0.25) is 0 Å². The van der Waals surface area contributed by atoms with E-state index in [0.717, 1.165) is 88.5 Å². The van der Waals surface area contributed by atoms with Gasteiger partial charge in [0.2, 0.25) is 0 Å². The molecule has 10 heteroatoms. The van der Waals surface area contributed by atoms with E-state index < -0.39 is 0 Å². The topological polar surface area (TPSA) is 14.8 Å². The molecule has 0 unspecified atom stereocenters. The Bertz CT molecular complexity index is 4310. The lowest BCUT2D eigenvalue weighted by Gasteiger charge is -2.19. The molecule has 14 radical (unpaired) electrons. The molecule has 3 aromatic heterocycles. The average molecular weight is 871 g/mol. The number of para-hydroxylation sites is 2. The molecule has 3 nitrogen and oxygen atoms in total. The van der Waals surface area contributed by atoms with Gasteiger partial charge < -0.3 is 13.7 Å². The smallest absolute Gasteiger partial charge is 0.115 e. The molecular weight excluding hydrogens is 838 g/mol. The van der Waals surface area contributed by atoms with Crippen molar-refractivity contribution in [2.75, 3.05) is 0 Å². The maximum absolute atomic E-state index is 7.50. The van der Waals surface area contributed by atoms with Crippen LogP contribution in [-0.4, -0.2) is 68.6 Å². The first-order valence-electron chi connectivity index (χ1n) is 23.1. The van der Waals surface area contributed by atoms with Crippen molar-refractivity contribution in [2.24, 2.45) is 0 Å². The summed E-state index contributed by atoms with van der Waals surface area (Å²) in [4.78, 5) is 0. The predicted octanol–water partition coefficient (Wildman–Crippen LogP) is 7.54. The van der Waals surface area contributed by atoms with Gasteiger partial charge in [0.1, 0.15) is 54.9 Å². The minimum atomic E-state index is 0.169. The van der Waals surface area contributed by atoms with Crippen LogP contribution in [0.1, 0.15) is 0 Å². The van der Waals surface area contributed by atoms with Crippen molar-refractivity contribution in [3.63, 3.8) is 0 Å². The number of rotatable bonds is 6. The van der Waals surface area contributed by atoms with Crippen LogP contribution >= 0.6 is 0 Å². The van der Waals surface area contributed by atoms with Crippen molar-refractivity contribution in [3.8, 4) is 50.4 Å². The molecule has 0 fully saturated rings. The van der Waals surface area contributed by atoms with E-state index in [4.69, 9.17) is 54.9 Å². The van der Waals surface area contributed by atoms with Gasteiger partial charge in [0, 0.05) is 55.0 Å². The van der Waals surface area contributed by atoms with Crippen molar-refractivity contribution < 1.29 is 0 Å². The Morgan fingerprint density at radius 3 is 1.44 bits per heavy atom. The molecule has 0 saturated heterocycles. The van der Waals surface area contributed by atoms with Gasteiger partial charge in [-0.1, -0.05) is 155 Å². The third kappa shape index (κ3) is 6.18. The van der Waals surface area contributed by atoms with Crippen LogP contribution in [0.15, 0.2) is 194 Å². The second-order valence-corrected chi connectivity index (χ2v) is 18.0. The standard InChI is InChI=1S/C60H32B7N3/c61-52-49(37-24-27-46-43(30-37)42-26-23-36(34-15-6-2-7-16-34)31-48(42)69(46)39-20-12-17-35(29-39)33-13-4-1-5-14-33)53(62)57(66)59-50(52)51-54(63)55(64)56(65)58(67)60(51)70(59)40-25-28-47-44(32-40)41-21-10-11-22-45(41)68(47)38-18-8-3-9-19-38/h1-32H. The Balaban J connectivity index is 1.07. The molecular formula is C60H32B7N3. The van der Waals surface area contributed by atoms with E-state index in [1.54, 1.807) is 0 Å². The monoisotopic (exact) mass is 871 g/mol. The zero-order valence-corrected chi connectivity index (χ0v) is 37.9. The van der Waals surface area contributed by atoms with Crippen LogP contribution in [0.5, 0.6) is 0 Å². The summed E-state index contributed by atoms with van der Waals surface area (Å²) in [6.45, 7) is 0. The first kappa shape index (κ1) is 42.2. The Labute approximate surface area is 414 Å². The summed E-state index contributed by atoms with van der Waals surface area (Å²) in [6.07, 6.45) is 0. The molecule has 0 spiro atoms. The van der Waals surface area contributed by atoms with E-state index >= 15 is 0 Å². The first-order chi connectivity index (χ1) is 34.2. The zero-order valence-electron chi connectivity index (χ0n) is 37.9. The fourth-order valence-corrected chi connectivity index (χ4v) is 10.9. The maximum Gasteiger partial charge on any atom is 0.115 e. The number of hydrogen-bond acceptors (Lipinski definition) is 0. The summed E-state index contributed by atoms with van der Waals surface area (Å²) in [5.74, 6) is 0. The average Bonchev–Trinajstić information content (AvgIpc) is 4.06. The van der Waals surface area contributed by atoms with Gasteiger partial charge in [0.05, 0.1) is 22.1 Å². The Hall–Kier alpha value is -7.95. The number of fused-ring (bicyclic) bond motifs is 9. The summed E-state index contributed by atoms with van der Waals surface area (Å²) in [5.41, 5.74) is 15.8. The van der Waals surface area contributed by atoms with E-state index in [1.165, 1.54) is 0 Å². The van der Waals surface area contributed by atoms with E-state index in [-0.39, 0.29) is 21.9 Å². The quantitative estimate of drug-likeness (QED) is 0.154. The molecule has 0 aliphatic carbocycles. The highest BCUT2D eigenvalue weighted by atomic mass is 15.0. The largest absolute Gasteiger partial charge is 0.311 e. The molecule has 10 aromatic carbocycles. The Morgan fingerprint density at radius 2 is 0.729 bits per heavy atom. The summed E-state index contributed by atoms with van der Waals surface area (Å²) in [6, 6.07) is 67.5. The Kier molecular flexibility index (Phi) is 9.68. The predicted molar refractivity (Wildman–Crippen MR) is 303 cm³/mol. The van der Waals surface area contributed by atoms with Gasteiger partial charge in [-0.05, 0) is 105 Å². The molecule has 13 aromatic rings. The molecule has 0 saturated carbocycles. The second kappa shape index (κ2) is 16.1. The molecule has 0 amide bonds. The van der Waals surface area contributed by atoms with Crippen LogP contribution in [0.3, 0.4) is 0 Å². The number of aromatic nitrogens is 3. The highest BCUT2D eigenvalue weighted by molar-refractivity contribution is 6.69. The normalized spacial score (nSPS) is 11.8. The number of hydrogen-bond donors (Lipinski definition) is 0. The lowest BCUT2D eigenvalue weighted by atomic mass is 9.64. The van der Waals surface area contributed by atoms with Gasteiger partial charge in [-0.15, -0.1) is 10.9 Å². The van der Waals surface area contributed by atoms with Gasteiger partial charge >= 0.3 is 0 Å². The van der Waals surface area contributed by atoms with Crippen LogP contribution in [0.4, 0.5) is 0 Å². The lowest BCUT2D eigenvalue weighted by Crippen LogP contribution is -2.48. The Morgan fingerprint density at radius 1 is 0.243 bits per heavy atom. The van der Waals surface area contributed by atoms with Gasteiger partial charge in [0.25, 0.3) is 0 Å². The molecule has 0 atom stereocenters. The van der Waals surface area contributed by atoms with Crippen LogP contribution in [0.25, 0.3) is 116 Å². The molecule has 3 heterocycles. The zero-order chi connectivity index (χ0) is 47.5. The highest BCUT2D eigenvalue weighted by Crippen LogP contribution is 2.40. The molecule has 13 rings (SSSR count). The number of benzene rings is 10. The van der Waals surface area contributed by atoms with E-state index in [1.807, 2.05) is 47.0 Å². The third-order valence-electron chi connectivity index (χ3n) is 14.2. The number of nitrogens with zero attached hydrogens (tertiary/aromatic N) is 3. The molecule has 70 heavy (non-hydrogen) atoms. The lowest BCUT2D eigenvalue weighted by molar-refractivity contribution is 1.17. The first-order valence-corrected chi connectivity index (χ1v) is 23.1. The van der Waals surface area contributed by atoms with Crippen molar-refractivity contribution in [2.45, 2.75) is 0 Å². The summed E-state index contributed by atoms with van der Waals surface area (Å²) < 4.78 is 6.58. The molecule has 0 aliphatic heterocycles. The summed E-state index contributed by atoms with van der Waals surface area (Å²) in [7, 11) is 49.5. The maximum atomic E-state index is 7.50. The summed E-state index contributed by atoms with van der Waals surface area (Å²) in [5, 5.41) is 5.29. The van der Waals surface area contributed by atoms with E-state index in [2.05, 4.69) is 161 Å². The van der Waals surface area contributed by atoms with Crippen molar-refractivity contribution in [1.82, 2.24) is 13.7 Å². The van der Waals surface area contributed by atoms with E-state index in [0.29, 0.717) is 43.8 Å². The molecule has 308 valence electrons. The van der Waals surface area contributed by atoms with Crippen LogP contribution < -0.4 is 38.2 Å². The van der Waals surface area contributed by atoms with Gasteiger partial charge in [0.15, 0.2) is 0 Å². The van der Waals surface area contributed by atoms with Gasteiger partial charge in [-0.3, -0.25) is 0 Å². The minimum Gasteiger partial charge on any atom is -0.311 e. The van der Waals surface area contributed by atoms with Gasteiger partial charge in [-0.2, -0.15) is 0 Å². The van der Waals surface area contributed by atoms with Gasteiger partial charge in [-0.25, -0.2) is 0 Å². The fourth-order valence-electron chi connectivity index (χ4n) is 10.9. The SMILES string of the molecule is [B]c1c([B])c([B])c2c(c1[B])c1c([B])c(-c3ccc4c(c3)c3ccc(-c5ccccc5)cc3n4-c3cccc(-c4ccccc4)c3)c([B])c([B])c1n2-c1ccc2c(c1)c1ccccc1n2-c1ccccc1.